The van der Waals surface area contributed by atoms with Crippen LogP contribution in [0.15, 0.2) is 0 Å². The van der Waals surface area contributed by atoms with Crippen LogP contribution in [0.3, 0.4) is 0 Å². The van der Waals surface area contributed by atoms with Crippen molar-refractivity contribution >= 4 is 0 Å². The summed E-state index contributed by atoms with van der Waals surface area (Å²) in [6, 6.07) is 0. The molecule has 0 spiro atoms. The van der Waals surface area contributed by atoms with E-state index in [1.807, 2.05) is 0 Å². The summed E-state index contributed by atoms with van der Waals surface area (Å²) in [6.45, 7) is 2.25. The highest BCUT2D eigenvalue weighted by molar-refractivity contribution is 4.85. The van der Waals surface area contributed by atoms with Crippen LogP contribution in [0, 0.1) is 17.8 Å². The topological polar surface area (TPSA) is 0 Å². The quantitative estimate of drug-likeness (QED) is 0.551. The summed E-state index contributed by atoms with van der Waals surface area (Å²) in [6.07, 6.45) is 10.1. The van der Waals surface area contributed by atoms with E-state index < -0.39 is 12.3 Å². The van der Waals surface area contributed by atoms with Crippen molar-refractivity contribution in [2.45, 2.75) is 89.9 Å². The van der Waals surface area contributed by atoms with Gasteiger partial charge in [0, 0.05) is 6.42 Å². The lowest BCUT2D eigenvalue weighted by Gasteiger charge is -2.37. The summed E-state index contributed by atoms with van der Waals surface area (Å²) < 4.78 is 27.0. The molecule has 0 amide bonds. The van der Waals surface area contributed by atoms with Gasteiger partial charge >= 0.3 is 0 Å². The number of hydrogen-bond acceptors (Lipinski definition) is 0. The van der Waals surface area contributed by atoms with Crippen molar-refractivity contribution in [3.8, 4) is 0 Å². The van der Waals surface area contributed by atoms with E-state index in [1.54, 1.807) is 0 Å². The number of alkyl halides is 2. The molecule has 2 aliphatic carbocycles. The highest BCUT2D eigenvalue weighted by Gasteiger charge is 2.35. The molecule has 0 N–H and O–H groups in total. The van der Waals surface area contributed by atoms with Crippen LogP contribution in [-0.2, 0) is 0 Å². The Morgan fingerprint density at radius 2 is 1.42 bits per heavy atom. The molecule has 0 radical (unpaired) electrons. The van der Waals surface area contributed by atoms with Crippen molar-refractivity contribution in [1.29, 1.82) is 0 Å². The van der Waals surface area contributed by atoms with Crippen LogP contribution in [0.1, 0.15) is 77.6 Å². The molecule has 0 heterocycles. The largest absolute Gasteiger partial charge is 0.247 e. The van der Waals surface area contributed by atoms with Crippen molar-refractivity contribution < 1.29 is 8.78 Å². The third kappa shape index (κ3) is 4.72. The maximum atomic E-state index is 13.5. The van der Waals surface area contributed by atoms with Gasteiger partial charge in [0.05, 0.1) is 0 Å². The molecule has 0 nitrogen and oxygen atoms in total. The van der Waals surface area contributed by atoms with Gasteiger partial charge in [-0.15, -0.1) is 0 Å². The lowest BCUT2D eigenvalue weighted by Crippen LogP contribution is -2.31. The van der Waals surface area contributed by atoms with Crippen LogP contribution in [0.4, 0.5) is 8.78 Å². The van der Waals surface area contributed by atoms with Crippen LogP contribution in [0.25, 0.3) is 0 Å². The summed E-state index contributed by atoms with van der Waals surface area (Å²) in [5.74, 6) is 1.84. The predicted molar refractivity (Wildman–Crippen MR) is 76.7 cm³/mol. The second-order valence-corrected chi connectivity index (χ2v) is 6.94. The van der Waals surface area contributed by atoms with Gasteiger partial charge in [-0.05, 0) is 43.4 Å². The van der Waals surface area contributed by atoms with Gasteiger partial charge in [-0.2, -0.15) is 0 Å². The first-order valence-electron chi connectivity index (χ1n) is 8.47. The van der Waals surface area contributed by atoms with E-state index in [-0.39, 0.29) is 6.42 Å². The monoisotopic (exact) mass is 272 g/mol. The van der Waals surface area contributed by atoms with Gasteiger partial charge in [0.2, 0.25) is 0 Å². The fourth-order valence-electron chi connectivity index (χ4n) is 4.24. The first-order chi connectivity index (χ1) is 9.19. The van der Waals surface area contributed by atoms with E-state index in [0.29, 0.717) is 24.7 Å². The van der Waals surface area contributed by atoms with Crippen molar-refractivity contribution in [1.82, 2.24) is 0 Å². The fraction of sp³-hybridized carbons (Fsp3) is 1.00. The number of hydrogen-bond donors (Lipinski definition) is 0. The zero-order valence-electron chi connectivity index (χ0n) is 12.4. The second-order valence-electron chi connectivity index (χ2n) is 6.94. The van der Waals surface area contributed by atoms with E-state index in [9.17, 15) is 8.78 Å². The van der Waals surface area contributed by atoms with Crippen LogP contribution in [0.5, 0.6) is 0 Å². The molecule has 0 saturated heterocycles. The van der Waals surface area contributed by atoms with Crippen LogP contribution >= 0.6 is 0 Å². The number of unbranched alkanes of at least 4 members (excludes halogenated alkanes) is 2. The summed E-state index contributed by atoms with van der Waals surface area (Å²) in [7, 11) is 0. The van der Waals surface area contributed by atoms with E-state index in [2.05, 4.69) is 6.92 Å². The minimum Gasteiger partial charge on any atom is -0.247 e. The first-order valence-corrected chi connectivity index (χ1v) is 8.47. The Hall–Kier alpha value is -0.140. The highest BCUT2D eigenvalue weighted by Crippen LogP contribution is 2.42. The van der Waals surface area contributed by atoms with E-state index in [1.165, 1.54) is 51.4 Å². The highest BCUT2D eigenvalue weighted by atomic mass is 19.1. The Balaban J connectivity index is 1.70. The van der Waals surface area contributed by atoms with Crippen LogP contribution in [-0.4, -0.2) is 12.3 Å². The number of rotatable bonds is 5. The minimum atomic E-state index is -0.879. The van der Waals surface area contributed by atoms with Crippen molar-refractivity contribution in [3.05, 3.63) is 0 Å². The minimum absolute atomic E-state index is 0.156. The summed E-state index contributed by atoms with van der Waals surface area (Å²) in [5, 5.41) is 0. The van der Waals surface area contributed by atoms with Gasteiger partial charge in [-0.25, -0.2) is 8.78 Å². The van der Waals surface area contributed by atoms with Crippen molar-refractivity contribution in [2.24, 2.45) is 17.8 Å². The zero-order chi connectivity index (χ0) is 13.7. The lowest BCUT2D eigenvalue weighted by molar-refractivity contribution is 0.0669. The molecule has 0 aromatic heterocycles. The van der Waals surface area contributed by atoms with Gasteiger partial charge in [-0.3, -0.25) is 0 Å². The normalized spacial score (nSPS) is 40.3. The van der Waals surface area contributed by atoms with E-state index >= 15 is 0 Å². The van der Waals surface area contributed by atoms with Gasteiger partial charge in [0.1, 0.15) is 12.3 Å². The smallest absolute Gasteiger partial charge is 0.103 e. The molecule has 2 rings (SSSR count). The number of halogens is 2. The average Bonchev–Trinajstić information content (AvgIpc) is 2.39. The Kier molecular flexibility index (Phi) is 6.09. The van der Waals surface area contributed by atoms with Gasteiger partial charge in [-0.1, -0.05) is 45.4 Å². The first kappa shape index (κ1) is 15.3. The van der Waals surface area contributed by atoms with Gasteiger partial charge < -0.3 is 0 Å². The molecule has 0 aromatic carbocycles. The molecule has 0 aliphatic heterocycles. The second kappa shape index (κ2) is 7.59. The third-order valence-corrected chi connectivity index (χ3v) is 5.40. The third-order valence-electron chi connectivity index (χ3n) is 5.40. The molecule has 112 valence electrons. The summed E-state index contributed by atoms with van der Waals surface area (Å²) >= 11 is 0. The average molecular weight is 272 g/mol. The molecule has 2 heteroatoms. The molecule has 2 saturated carbocycles. The molecule has 2 fully saturated rings. The Bertz CT molecular complexity index is 236. The maximum absolute atomic E-state index is 13.5. The standard InChI is InChI=1S/C17H30F2/c1-2-3-4-5-13-6-8-14(9-7-13)15-10-16(18)12-17(19)11-15/h13-17H,2-12H2,1H3. The molecule has 0 aromatic rings. The van der Waals surface area contributed by atoms with Gasteiger partial charge in [0.25, 0.3) is 0 Å². The summed E-state index contributed by atoms with van der Waals surface area (Å²) in [5.41, 5.74) is 0. The van der Waals surface area contributed by atoms with Crippen LogP contribution in [0.2, 0.25) is 0 Å². The van der Waals surface area contributed by atoms with Gasteiger partial charge in [0.15, 0.2) is 0 Å². The Morgan fingerprint density at radius 3 is 2.00 bits per heavy atom. The fourth-order valence-corrected chi connectivity index (χ4v) is 4.24. The van der Waals surface area contributed by atoms with Crippen LogP contribution < -0.4 is 0 Å². The van der Waals surface area contributed by atoms with E-state index in [4.69, 9.17) is 0 Å². The molecular weight excluding hydrogens is 242 g/mol. The lowest BCUT2D eigenvalue weighted by atomic mass is 9.69. The van der Waals surface area contributed by atoms with E-state index in [0.717, 1.165) is 5.92 Å². The SMILES string of the molecule is CCCCCC1CCC(C2CC(F)CC(F)C2)CC1. The molecular formula is C17H30F2. The summed E-state index contributed by atoms with van der Waals surface area (Å²) in [4.78, 5) is 0. The molecule has 0 bridgehead atoms. The Labute approximate surface area is 117 Å². The zero-order valence-corrected chi connectivity index (χ0v) is 12.4. The van der Waals surface area contributed by atoms with Crippen molar-refractivity contribution in [3.63, 3.8) is 0 Å². The molecule has 19 heavy (non-hydrogen) atoms. The Morgan fingerprint density at radius 1 is 0.789 bits per heavy atom. The molecule has 2 aliphatic rings. The maximum Gasteiger partial charge on any atom is 0.103 e. The molecule has 2 unspecified atom stereocenters. The predicted octanol–water partition coefficient (Wildman–Crippen LogP) is 5.85. The van der Waals surface area contributed by atoms with Crippen molar-refractivity contribution in [2.75, 3.05) is 0 Å². The molecule has 2 atom stereocenters.